The number of hydrogen-bond acceptors (Lipinski definition) is 6. The Morgan fingerprint density at radius 2 is 1.83 bits per heavy atom. The molecule has 1 heterocycles. The summed E-state index contributed by atoms with van der Waals surface area (Å²) in [6, 6.07) is 12.4. The summed E-state index contributed by atoms with van der Waals surface area (Å²) >= 11 is 2.87. The Morgan fingerprint density at radius 1 is 1.17 bits per heavy atom. The Bertz CT molecular complexity index is 864. The zero-order valence-electron chi connectivity index (χ0n) is 12.3. The van der Waals surface area contributed by atoms with Gasteiger partial charge in [-0.05, 0) is 29.8 Å². The minimum absolute atomic E-state index is 0.0702. The molecule has 122 valence electrons. The molecule has 2 aromatic carbocycles. The largest absolute Gasteiger partial charge is 0.389 e. The van der Waals surface area contributed by atoms with Crippen molar-refractivity contribution in [2.24, 2.45) is 0 Å². The molecular weight excluding hydrogens is 349 g/mol. The summed E-state index contributed by atoms with van der Waals surface area (Å²) < 4.78 is 13.8. The number of hydrogen-bond donors (Lipinski definition) is 1. The van der Waals surface area contributed by atoms with Gasteiger partial charge in [0.25, 0.3) is 5.69 Å². The highest BCUT2D eigenvalue weighted by Crippen LogP contribution is 2.36. The molecule has 0 saturated heterocycles. The second-order valence-electron chi connectivity index (χ2n) is 4.91. The number of nitrogen functional groups attached to an aromatic ring is 1. The van der Waals surface area contributed by atoms with Crippen LogP contribution < -0.4 is 5.73 Å². The van der Waals surface area contributed by atoms with E-state index in [0.717, 1.165) is 15.5 Å². The normalized spacial score (nSPS) is 10.7. The van der Waals surface area contributed by atoms with Crippen LogP contribution in [0.1, 0.15) is 5.56 Å². The number of nitrogens with zero attached hydrogens (tertiary/aromatic N) is 2. The molecule has 1 aromatic heterocycles. The van der Waals surface area contributed by atoms with Crippen LogP contribution in [0.2, 0.25) is 0 Å². The number of nitro groups is 1. The fourth-order valence-corrected chi connectivity index (χ4v) is 3.95. The van der Waals surface area contributed by atoms with Crippen LogP contribution in [-0.2, 0) is 5.75 Å². The Kier molecular flexibility index (Phi) is 4.77. The number of halogens is 1. The van der Waals surface area contributed by atoms with E-state index < -0.39 is 4.92 Å². The monoisotopic (exact) mass is 361 g/mol. The Balaban J connectivity index is 1.71. The smallest absolute Gasteiger partial charge is 0.269 e. The van der Waals surface area contributed by atoms with Crippen LogP contribution >= 0.6 is 23.1 Å². The highest BCUT2D eigenvalue weighted by molar-refractivity contribution is 8.00. The van der Waals surface area contributed by atoms with Crippen molar-refractivity contribution in [1.29, 1.82) is 0 Å². The molecule has 0 bridgehead atoms. The fourth-order valence-electron chi connectivity index (χ4n) is 2.05. The first-order valence-corrected chi connectivity index (χ1v) is 8.71. The van der Waals surface area contributed by atoms with E-state index in [4.69, 9.17) is 5.73 Å². The second kappa shape index (κ2) is 6.98. The molecule has 5 nitrogen and oxygen atoms in total. The molecule has 3 aromatic rings. The van der Waals surface area contributed by atoms with E-state index in [2.05, 4.69) is 4.98 Å². The van der Waals surface area contributed by atoms with Gasteiger partial charge in [0.2, 0.25) is 0 Å². The van der Waals surface area contributed by atoms with Gasteiger partial charge < -0.3 is 5.73 Å². The molecule has 0 aliphatic heterocycles. The van der Waals surface area contributed by atoms with E-state index in [1.165, 1.54) is 47.4 Å². The number of anilines is 1. The van der Waals surface area contributed by atoms with E-state index in [0.29, 0.717) is 16.4 Å². The van der Waals surface area contributed by atoms with Gasteiger partial charge in [-0.1, -0.05) is 35.2 Å². The molecule has 0 radical (unpaired) electrons. The van der Waals surface area contributed by atoms with Gasteiger partial charge in [0.1, 0.15) is 16.5 Å². The number of nitro benzene ring substituents is 1. The minimum Gasteiger partial charge on any atom is -0.389 e. The molecule has 8 heteroatoms. The second-order valence-corrected chi connectivity index (χ2v) is 7.16. The third-order valence-electron chi connectivity index (χ3n) is 3.26. The van der Waals surface area contributed by atoms with Gasteiger partial charge in [-0.3, -0.25) is 10.1 Å². The quantitative estimate of drug-likeness (QED) is 0.403. The number of benzene rings is 2. The molecular formula is C16H12FN3O2S2. The van der Waals surface area contributed by atoms with Gasteiger partial charge in [0.05, 0.1) is 4.92 Å². The predicted octanol–water partition coefficient (Wildman–Crippen LogP) is 4.73. The molecule has 0 amide bonds. The summed E-state index contributed by atoms with van der Waals surface area (Å²) in [5.74, 6) is 0.327. The van der Waals surface area contributed by atoms with Gasteiger partial charge in [-0.25, -0.2) is 9.37 Å². The summed E-state index contributed by atoms with van der Waals surface area (Å²) in [5, 5.41) is 11.2. The van der Waals surface area contributed by atoms with Crippen LogP contribution in [0.3, 0.4) is 0 Å². The predicted molar refractivity (Wildman–Crippen MR) is 94.6 cm³/mol. The van der Waals surface area contributed by atoms with Crippen LogP contribution in [0.15, 0.2) is 52.9 Å². The van der Waals surface area contributed by atoms with Gasteiger partial charge in [0.15, 0.2) is 4.34 Å². The molecule has 24 heavy (non-hydrogen) atoms. The van der Waals surface area contributed by atoms with Crippen LogP contribution in [0.25, 0.3) is 11.3 Å². The zero-order chi connectivity index (χ0) is 17.1. The van der Waals surface area contributed by atoms with Gasteiger partial charge in [-0.2, -0.15) is 0 Å². The van der Waals surface area contributed by atoms with E-state index >= 15 is 0 Å². The van der Waals surface area contributed by atoms with Crippen LogP contribution in [0.5, 0.6) is 0 Å². The van der Waals surface area contributed by atoms with Crippen molar-refractivity contribution in [2.75, 3.05) is 5.73 Å². The molecule has 0 aliphatic rings. The van der Waals surface area contributed by atoms with Crippen molar-refractivity contribution < 1.29 is 9.31 Å². The molecule has 0 saturated carbocycles. The molecule has 2 N–H and O–H groups in total. The maximum Gasteiger partial charge on any atom is 0.269 e. The maximum atomic E-state index is 13.0. The summed E-state index contributed by atoms with van der Waals surface area (Å²) in [7, 11) is 0. The third-order valence-corrected chi connectivity index (χ3v) is 5.36. The summed E-state index contributed by atoms with van der Waals surface area (Å²) in [6.07, 6.45) is 0. The zero-order valence-corrected chi connectivity index (χ0v) is 13.9. The minimum atomic E-state index is -0.423. The van der Waals surface area contributed by atoms with E-state index in [1.807, 2.05) is 0 Å². The standard InChI is InChI=1S/C16H12FN3O2S2/c17-12-5-3-11(4-6-12)14-15(18)24-16(19-14)23-9-10-1-7-13(8-2-10)20(21)22/h1-8H,9,18H2. The first-order valence-electron chi connectivity index (χ1n) is 6.91. The first-order chi connectivity index (χ1) is 11.5. The number of non-ortho nitro benzene ring substituents is 1. The molecule has 0 unspecified atom stereocenters. The maximum absolute atomic E-state index is 13.0. The summed E-state index contributed by atoms with van der Waals surface area (Å²) in [4.78, 5) is 14.7. The average molecular weight is 361 g/mol. The number of thiazole rings is 1. The van der Waals surface area contributed by atoms with Crippen molar-refractivity contribution in [1.82, 2.24) is 4.98 Å². The lowest BCUT2D eigenvalue weighted by molar-refractivity contribution is -0.384. The van der Waals surface area contributed by atoms with Crippen molar-refractivity contribution in [2.45, 2.75) is 10.1 Å². The van der Waals surface area contributed by atoms with Crippen LogP contribution in [-0.4, -0.2) is 9.91 Å². The van der Waals surface area contributed by atoms with Crippen molar-refractivity contribution in [3.8, 4) is 11.3 Å². The molecule has 3 rings (SSSR count). The Hall–Kier alpha value is -2.45. The van der Waals surface area contributed by atoms with Crippen molar-refractivity contribution >= 4 is 33.8 Å². The van der Waals surface area contributed by atoms with Crippen LogP contribution in [0, 0.1) is 15.9 Å². The van der Waals surface area contributed by atoms with Crippen molar-refractivity contribution in [3.05, 3.63) is 70.0 Å². The summed E-state index contributed by atoms with van der Waals surface area (Å²) in [6.45, 7) is 0. The van der Waals surface area contributed by atoms with Gasteiger partial charge >= 0.3 is 0 Å². The number of thioether (sulfide) groups is 1. The van der Waals surface area contributed by atoms with E-state index in [-0.39, 0.29) is 11.5 Å². The highest BCUT2D eigenvalue weighted by atomic mass is 32.2. The first kappa shape index (κ1) is 16.4. The lowest BCUT2D eigenvalue weighted by atomic mass is 10.2. The lowest BCUT2D eigenvalue weighted by Gasteiger charge is -1.99. The fraction of sp³-hybridized carbons (Fsp3) is 0.0625. The molecule has 0 fully saturated rings. The third kappa shape index (κ3) is 3.72. The summed E-state index contributed by atoms with van der Waals surface area (Å²) in [5.41, 5.74) is 8.45. The topological polar surface area (TPSA) is 82.0 Å². The Morgan fingerprint density at radius 3 is 2.46 bits per heavy atom. The van der Waals surface area contributed by atoms with Gasteiger partial charge in [0, 0.05) is 23.4 Å². The van der Waals surface area contributed by atoms with E-state index in [1.54, 1.807) is 24.3 Å². The Labute approximate surface area is 145 Å². The van der Waals surface area contributed by atoms with E-state index in [9.17, 15) is 14.5 Å². The average Bonchev–Trinajstić information content (AvgIpc) is 2.95. The number of nitrogens with two attached hydrogens (primary N) is 1. The highest BCUT2D eigenvalue weighted by Gasteiger charge is 2.12. The molecule has 0 aliphatic carbocycles. The van der Waals surface area contributed by atoms with Crippen molar-refractivity contribution in [3.63, 3.8) is 0 Å². The van der Waals surface area contributed by atoms with Gasteiger partial charge in [-0.15, -0.1) is 0 Å². The van der Waals surface area contributed by atoms with Crippen LogP contribution in [0.4, 0.5) is 15.1 Å². The molecule has 0 spiro atoms. The molecule has 0 atom stereocenters. The lowest BCUT2D eigenvalue weighted by Crippen LogP contribution is -1.88. The SMILES string of the molecule is Nc1sc(SCc2ccc([N+](=O)[O-])cc2)nc1-c1ccc(F)cc1. The number of aromatic nitrogens is 1. The number of rotatable bonds is 5.